The van der Waals surface area contributed by atoms with Gasteiger partial charge in [-0.05, 0) is 17.2 Å². The highest BCUT2D eigenvalue weighted by atomic mass is 16.5. The number of esters is 2. The molecule has 24 heavy (non-hydrogen) atoms. The Bertz CT molecular complexity index is 779. The summed E-state index contributed by atoms with van der Waals surface area (Å²) >= 11 is 0. The lowest BCUT2D eigenvalue weighted by Crippen LogP contribution is -2.41. The molecule has 0 fully saturated rings. The molecular weight excluding hydrogens is 306 g/mol. The van der Waals surface area contributed by atoms with Crippen molar-refractivity contribution in [3.05, 3.63) is 71.3 Å². The second-order valence-corrected chi connectivity index (χ2v) is 5.17. The summed E-state index contributed by atoms with van der Waals surface area (Å²) in [5, 5.41) is 9.46. The van der Waals surface area contributed by atoms with Gasteiger partial charge in [0.15, 0.2) is 0 Å². The molecule has 2 aromatic carbocycles. The number of hydrogen-bond acceptors (Lipinski definition) is 5. The van der Waals surface area contributed by atoms with E-state index < -0.39 is 17.4 Å². The van der Waals surface area contributed by atoms with Crippen LogP contribution in [0.15, 0.2) is 54.6 Å². The van der Waals surface area contributed by atoms with Crippen LogP contribution in [0.3, 0.4) is 0 Å². The van der Waals surface area contributed by atoms with Gasteiger partial charge < -0.3 is 9.47 Å². The van der Waals surface area contributed by atoms with Crippen LogP contribution in [0.5, 0.6) is 0 Å². The standard InChI is InChI=1S/C19H17NO4/c1-23-17(21)12-19(18(22)24-2,15-9-4-3-5-10-15)16-11-7-6-8-14(16)13-20/h3-11H,12H2,1-2H3. The lowest BCUT2D eigenvalue weighted by atomic mass is 9.70. The van der Waals surface area contributed by atoms with Crippen LogP contribution in [0.1, 0.15) is 23.1 Å². The molecule has 1 atom stereocenters. The molecule has 5 nitrogen and oxygen atoms in total. The van der Waals surface area contributed by atoms with Crippen LogP contribution < -0.4 is 0 Å². The minimum atomic E-state index is -1.45. The van der Waals surface area contributed by atoms with Gasteiger partial charge in [0, 0.05) is 0 Å². The first-order chi connectivity index (χ1) is 11.6. The van der Waals surface area contributed by atoms with Crippen molar-refractivity contribution in [2.75, 3.05) is 14.2 Å². The zero-order chi connectivity index (χ0) is 17.6. The van der Waals surface area contributed by atoms with E-state index >= 15 is 0 Å². The molecule has 0 N–H and O–H groups in total. The van der Waals surface area contributed by atoms with Crippen molar-refractivity contribution in [2.24, 2.45) is 0 Å². The fourth-order valence-electron chi connectivity index (χ4n) is 2.79. The average molecular weight is 323 g/mol. The molecule has 0 aliphatic rings. The molecule has 0 radical (unpaired) electrons. The van der Waals surface area contributed by atoms with Gasteiger partial charge in [-0.3, -0.25) is 9.59 Å². The summed E-state index contributed by atoms with van der Waals surface area (Å²) in [6.07, 6.45) is -0.265. The number of ether oxygens (including phenoxy) is 2. The van der Waals surface area contributed by atoms with Gasteiger partial charge in [0.25, 0.3) is 0 Å². The Morgan fingerprint density at radius 1 is 1.00 bits per heavy atom. The van der Waals surface area contributed by atoms with Crippen LogP contribution in [-0.4, -0.2) is 26.2 Å². The molecule has 122 valence electrons. The highest BCUT2D eigenvalue weighted by Crippen LogP contribution is 2.39. The summed E-state index contributed by atoms with van der Waals surface area (Å²) in [7, 11) is 2.51. The van der Waals surface area contributed by atoms with Gasteiger partial charge >= 0.3 is 11.9 Å². The molecule has 5 heteroatoms. The van der Waals surface area contributed by atoms with Crippen LogP contribution in [0.4, 0.5) is 0 Å². The van der Waals surface area contributed by atoms with E-state index in [4.69, 9.17) is 9.47 Å². The maximum absolute atomic E-state index is 12.8. The molecule has 0 spiro atoms. The number of hydrogen-bond donors (Lipinski definition) is 0. The van der Waals surface area contributed by atoms with Gasteiger partial charge in [-0.1, -0.05) is 48.5 Å². The highest BCUT2D eigenvalue weighted by molar-refractivity contribution is 5.93. The molecule has 2 aromatic rings. The van der Waals surface area contributed by atoms with Gasteiger partial charge in [0.2, 0.25) is 0 Å². The topological polar surface area (TPSA) is 76.4 Å². The maximum Gasteiger partial charge on any atom is 0.321 e. The predicted octanol–water partition coefficient (Wildman–Crippen LogP) is 2.58. The number of nitrogens with zero attached hydrogens (tertiary/aromatic N) is 1. The molecule has 0 saturated heterocycles. The van der Waals surface area contributed by atoms with Crippen molar-refractivity contribution >= 4 is 11.9 Å². The highest BCUT2D eigenvalue weighted by Gasteiger charge is 2.46. The van der Waals surface area contributed by atoms with E-state index in [1.807, 2.05) is 0 Å². The first-order valence-corrected chi connectivity index (χ1v) is 7.30. The first kappa shape index (κ1) is 17.2. The number of rotatable bonds is 5. The molecule has 0 saturated carbocycles. The summed E-state index contributed by atoms with van der Waals surface area (Å²) in [5.74, 6) is -1.20. The zero-order valence-electron chi connectivity index (χ0n) is 13.5. The van der Waals surface area contributed by atoms with E-state index in [2.05, 4.69) is 6.07 Å². The molecule has 0 heterocycles. The number of benzene rings is 2. The van der Waals surface area contributed by atoms with Crippen molar-refractivity contribution in [1.29, 1.82) is 5.26 Å². The van der Waals surface area contributed by atoms with E-state index in [9.17, 15) is 14.9 Å². The Morgan fingerprint density at radius 3 is 2.21 bits per heavy atom. The van der Waals surface area contributed by atoms with Gasteiger partial charge in [-0.15, -0.1) is 0 Å². The van der Waals surface area contributed by atoms with E-state index in [0.29, 0.717) is 16.7 Å². The molecular formula is C19H17NO4. The third-order valence-electron chi connectivity index (χ3n) is 3.94. The smallest absolute Gasteiger partial charge is 0.321 e. The normalized spacial score (nSPS) is 12.5. The van der Waals surface area contributed by atoms with Crippen LogP contribution >= 0.6 is 0 Å². The molecule has 0 aliphatic carbocycles. The minimum Gasteiger partial charge on any atom is -0.469 e. The van der Waals surface area contributed by atoms with Crippen LogP contribution in [0, 0.1) is 11.3 Å². The molecule has 0 bridgehead atoms. The average Bonchev–Trinajstić information content (AvgIpc) is 2.65. The monoisotopic (exact) mass is 323 g/mol. The van der Waals surface area contributed by atoms with Crippen molar-refractivity contribution in [3.8, 4) is 6.07 Å². The Hall–Kier alpha value is -3.13. The summed E-state index contributed by atoms with van der Waals surface area (Å²) in [5.41, 5.74) is -0.174. The van der Waals surface area contributed by atoms with E-state index in [-0.39, 0.29) is 6.42 Å². The third kappa shape index (κ3) is 2.99. The minimum absolute atomic E-state index is 0.265. The predicted molar refractivity (Wildman–Crippen MR) is 87.0 cm³/mol. The fraction of sp³-hybridized carbons (Fsp3) is 0.211. The number of nitriles is 1. The quantitative estimate of drug-likeness (QED) is 0.790. The van der Waals surface area contributed by atoms with E-state index in [0.717, 1.165) is 0 Å². The Labute approximate surface area is 140 Å². The molecule has 2 rings (SSSR count). The molecule has 0 aromatic heterocycles. The van der Waals surface area contributed by atoms with Gasteiger partial charge in [-0.2, -0.15) is 5.26 Å². The van der Waals surface area contributed by atoms with Crippen molar-refractivity contribution in [3.63, 3.8) is 0 Å². The van der Waals surface area contributed by atoms with Crippen molar-refractivity contribution in [2.45, 2.75) is 11.8 Å². The van der Waals surface area contributed by atoms with Crippen LogP contribution in [0.2, 0.25) is 0 Å². The maximum atomic E-state index is 12.8. The lowest BCUT2D eigenvalue weighted by Gasteiger charge is -2.31. The number of methoxy groups -OCH3 is 2. The molecule has 0 aliphatic heterocycles. The van der Waals surface area contributed by atoms with Gasteiger partial charge in [0.1, 0.15) is 5.41 Å². The zero-order valence-corrected chi connectivity index (χ0v) is 13.5. The summed E-state index contributed by atoms with van der Waals surface area (Å²) in [6.45, 7) is 0. The van der Waals surface area contributed by atoms with Crippen molar-refractivity contribution < 1.29 is 19.1 Å². The SMILES string of the molecule is COC(=O)CC(C(=O)OC)(c1ccccc1)c1ccccc1C#N. The van der Waals surface area contributed by atoms with Gasteiger partial charge in [-0.25, -0.2) is 0 Å². The third-order valence-corrected chi connectivity index (χ3v) is 3.94. The van der Waals surface area contributed by atoms with E-state index in [1.165, 1.54) is 14.2 Å². The summed E-state index contributed by atoms with van der Waals surface area (Å²) in [4.78, 5) is 24.9. The second kappa shape index (κ2) is 7.42. The fourth-order valence-corrected chi connectivity index (χ4v) is 2.79. The van der Waals surface area contributed by atoms with Gasteiger partial charge in [0.05, 0.1) is 32.3 Å². The summed E-state index contributed by atoms with van der Waals surface area (Å²) in [6, 6.07) is 17.6. The number of carbonyl (C=O) groups excluding carboxylic acids is 2. The largest absolute Gasteiger partial charge is 0.469 e. The Kier molecular flexibility index (Phi) is 5.33. The lowest BCUT2D eigenvalue weighted by molar-refractivity contribution is -0.152. The number of carbonyl (C=O) groups is 2. The first-order valence-electron chi connectivity index (χ1n) is 7.30. The Balaban J connectivity index is 2.83. The molecule has 0 amide bonds. The molecule has 1 unspecified atom stereocenters. The second-order valence-electron chi connectivity index (χ2n) is 5.17. The Morgan fingerprint density at radius 2 is 1.62 bits per heavy atom. The van der Waals surface area contributed by atoms with Crippen LogP contribution in [-0.2, 0) is 24.5 Å². The van der Waals surface area contributed by atoms with Crippen LogP contribution in [0.25, 0.3) is 0 Å². The summed E-state index contributed by atoms with van der Waals surface area (Å²) < 4.78 is 9.80. The van der Waals surface area contributed by atoms with Crippen molar-refractivity contribution in [1.82, 2.24) is 0 Å². The van der Waals surface area contributed by atoms with E-state index in [1.54, 1.807) is 54.6 Å².